The fourth-order valence-corrected chi connectivity index (χ4v) is 2.91. The molecule has 1 aromatic carbocycles. The van der Waals surface area contributed by atoms with Gasteiger partial charge in [-0.2, -0.15) is 0 Å². The van der Waals surface area contributed by atoms with Crippen LogP contribution in [0.4, 0.5) is 0 Å². The zero-order valence-corrected chi connectivity index (χ0v) is 10.6. The number of carboxylic acids is 1. The van der Waals surface area contributed by atoms with Crippen LogP contribution >= 0.6 is 0 Å². The predicted octanol–water partition coefficient (Wildman–Crippen LogP) is 1.24. The van der Waals surface area contributed by atoms with Crippen LogP contribution in [-0.2, 0) is 4.79 Å². The van der Waals surface area contributed by atoms with Crippen molar-refractivity contribution in [3.8, 4) is 5.75 Å². The minimum absolute atomic E-state index is 0.145. The van der Waals surface area contributed by atoms with E-state index in [1.807, 2.05) is 0 Å². The van der Waals surface area contributed by atoms with E-state index in [9.17, 15) is 14.7 Å². The smallest absolute Gasteiger partial charge is 0.326 e. The number of aliphatic carboxylic acids is 1. The Kier molecular flexibility index (Phi) is 2.69. The van der Waals surface area contributed by atoms with Crippen molar-refractivity contribution in [1.82, 2.24) is 4.90 Å². The van der Waals surface area contributed by atoms with Gasteiger partial charge < -0.3 is 14.7 Å². The number of fused-ring (bicyclic) bond motifs is 1. The Morgan fingerprint density at radius 1 is 1.42 bits per heavy atom. The van der Waals surface area contributed by atoms with Crippen molar-refractivity contribution < 1.29 is 19.4 Å². The van der Waals surface area contributed by atoms with Crippen LogP contribution in [0.2, 0.25) is 0 Å². The first kappa shape index (κ1) is 12.0. The van der Waals surface area contributed by atoms with E-state index in [0.717, 1.165) is 6.42 Å². The summed E-state index contributed by atoms with van der Waals surface area (Å²) in [5.41, 5.74) is 0.479. The molecule has 1 aromatic rings. The molecule has 0 aromatic heterocycles. The van der Waals surface area contributed by atoms with E-state index >= 15 is 0 Å². The molecule has 0 spiro atoms. The first-order valence-electron chi connectivity index (χ1n) is 6.29. The van der Waals surface area contributed by atoms with Crippen molar-refractivity contribution >= 4 is 11.9 Å². The second-order valence-corrected chi connectivity index (χ2v) is 5.13. The van der Waals surface area contributed by atoms with E-state index < -0.39 is 12.0 Å². The van der Waals surface area contributed by atoms with E-state index in [4.69, 9.17) is 4.74 Å². The topological polar surface area (TPSA) is 66.8 Å². The average molecular weight is 261 g/mol. The highest BCUT2D eigenvalue weighted by Gasteiger charge is 2.57. The van der Waals surface area contributed by atoms with Gasteiger partial charge in [-0.05, 0) is 36.5 Å². The molecule has 2 aliphatic rings. The van der Waals surface area contributed by atoms with Crippen LogP contribution in [0.3, 0.4) is 0 Å². The summed E-state index contributed by atoms with van der Waals surface area (Å²) in [4.78, 5) is 25.2. The lowest BCUT2D eigenvalue weighted by Gasteiger charge is -2.24. The van der Waals surface area contributed by atoms with Gasteiger partial charge in [-0.15, -0.1) is 0 Å². The Hall–Kier alpha value is -2.04. The predicted molar refractivity (Wildman–Crippen MR) is 67.1 cm³/mol. The highest BCUT2D eigenvalue weighted by molar-refractivity contribution is 5.97. The Morgan fingerprint density at radius 2 is 2.21 bits per heavy atom. The maximum atomic E-state index is 12.4. The Bertz CT molecular complexity index is 542. The normalized spacial score (nSPS) is 27.8. The van der Waals surface area contributed by atoms with Gasteiger partial charge in [0, 0.05) is 12.1 Å². The van der Waals surface area contributed by atoms with E-state index in [2.05, 4.69) is 0 Å². The number of carbonyl (C=O) groups is 2. The van der Waals surface area contributed by atoms with E-state index in [1.54, 1.807) is 24.3 Å². The number of benzene rings is 1. The third kappa shape index (κ3) is 1.95. The summed E-state index contributed by atoms with van der Waals surface area (Å²) >= 11 is 0. The number of hydrogen-bond acceptors (Lipinski definition) is 3. The summed E-state index contributed by atoms with van der Waals surface area (Å²) < 4.78 is 5.08. The second-order valence-electron chi connectivity index (χ2n) is 5.13. The number of methoxy groups -OCH3 is 1. The highest BCUT2D eigenvalue weighted by Crippen LogP contribution is 2.49. The molecule has 3 rings (SSSR count). The van der Waals surface area contributed by atoms with Crippen LogP contribution in [0.5, 0.6) is 5.75 Å². The van der Waals surface area contributed by atoms with E-state index in [-0.39, 0.29) is 11.8 Å². The molecule has 1 aliphatic heterocycles. The van der Waals surface area contributed by atoms with Gasteiger partial charge in [0.05, 0.1) is 7.11 Å². The zero-order chi connectivity index (χ0) is 13.6. The molecule has 0 bridgehead atoms. The van der Waals surface area contributed by atoms with Crippen molar-refractivity contribution in [3.05, 3.63) is 29.8 Å². The molecule has 0 unspecified atom stereocenters. The van der Waals surface area contributed by atoms with Gasteiger partial charge in [0.15, 0.2) is 0 Å². The number of carboxylic acid groups (broad SMARTS) is 1. The van der Waals surface area contributed by atoms with Gasteiger partial charge in [0.1, 0.15) is 11.8 Å². The molecule has 5 nitrogen and oxygen atoms in total. The Labute approximate surface area is 110 Å². The molecule has 2 fully saturated rings. The SMILES string of the molecule is COc1cccc(C(=O)N2C[C@@H]3C[C@@H]3[C@H]2C(=O)O)c1. The van der Waals surface area contributed by atoms with Gasteiger partial charge >= 0.3 is 5.97 Å². The molecule has 1 saturated carbocycles. The molecule has 0 radical (unpaired) electrons. The van der Waals surface area contributed by atoms with Crippen LogP contribution in [-0.4, -0.2) is 41.6 Å². The Balaban J connectivity index is 1.85. The van der Waals surface area contributed by atoms with Gasteiger partial charge in [0.2, 0.25) is 0 Å². The first-order valence-corrected chi connectivity index (χ1v) is 6.29. The molecule has 19 heavy (non-hydrogen) atoms. The molecule has 100 valence electrons. The summed E-state index contributed by atoms with van der Waals surface area (Å²) in [5, 5.41) is 9.26. The lowest BCUT2D eigenvalue weighted by molar-refractivity contribution is -0.142. The standard InChI is InChI=1S/C14H15NO4/c1-19-10-4-2-3-8(5-10)13(16)15-7-9-6-11(9)12(15)14(17)18/h2-5,9,11-12H,6-7H2,1H3,(H,17,18)/t9-,11-,12-/m0/s1. The zero-order valence-electron chi connectivity index (χ0n) is 10.6. The number of hydrogen-bond donors (Lipinski definition) is 1. The van der Waals surface area contributed by atoms with Crippen LogP contribution in [0.25, 0.3) is 0 Å². The maximum absolute atomic E-state index is 12.4. The molecule has 3 atom stereocenters. The highest BCUT2D eigenvalue weighted by atomic mass is 16.5. The number of nitrogens with zero attached hydrogens (tertiary/aromatic N) is 1. The third-order valence-electron chi connectivity index (χ3n) is 3.98. The second kappa shape index (κ2) is 4.26. The minimum atomic E-state index is -0.902. The number of likely N-dealkylation sites (tertiary alicyclic amines) is 1. The molecule has 1 heterocycles. The largest absolute Gasteiger partial charge is 0.497 e. The number of carbonyl (C=O) groups excluding carboxylic acids is 1. The summed E-state index contributed by atoms with van der Waals surface area (Å²) in [6.07, 6.45) is 0.929. The fourth-order valence-electron chi connectivity index (χ4n) is 2.91. The lowest BCUT2D eigenvalue weighted by atomic mass is 10.1. The molecule has 1 amide bonds. The lowest BCUT2D eigenvalue weighted by Crippen LogP contribution is -2.43. The summed E-state index contributed by atoms with van der Waals surface area (Å²) in [7, 11) is 1.54. The van der Waals surface area contributed by atoms with Crippen LogP contribution in [0, 0.1) is 11.8 Å². The first-order chi connectivity index (χ1) is 9.11. The molecular formula is C14H15NO4. The number of amides is 1. The molecule has 1 N–H and O–H groups in total. The van der Waals surface area contributed by atoms with Crippen molar-refractivity contribution in [2.45, 2.75) is 12.5 Å². The number of piperidine rings is 1. The number of ether oxygens (including phenoxy) is 1. The number of rotatable bonds is 3. The monoisotopic (exact) mass is 261 g/mol. The van der Waals surface area contributed by atoms with Crippen molar-refractivity contribution in [3.63, 3.8) is 0 Å². The summed E-state index contributed by atoms with van der Waals surface area (Å²) in [6.45, 7) is 0.553. The average Bonchev–Trinajstić information content (AvgIpc) is 3.07. The quantitative estimate of drug-likeness (QED) is 0.889. The maximum Gasteiger partial charge on any atom is 0.326 e. The van der Waals surface area contributed by atoms with E-state index in [1.165, 1.54) is 12.0 Å². The summed E-state index contributed by atoms with van der Waals surface area (Å²) in [6, 6.07) is 6.16. The molecular weight excluding hydrogens is 246 g/mol. The fraction of sp³-hybridized carbons (Fsp3) is 0.429. The van der Waals surface area contributed by atoms with Crippen LogP contribution in [0.1, 0.15) is 16.8 Å². The van der Waals surface area contributed by atoms with Gasteiger partial charge in [0.25, 0.3) is 5.91 Å². The molecule has 1 aliphatic carbocycles. The molecule has 1 saturated heterocycles. The van der Waals surface area contributed by atoms with Gasteiger partial charge in [-0.3, -0.25) is 4.79 Å². The van der Waals surface area contributed by atoms with Gasteiger partial charge in [-0.1, -0.05) is 6.07 Å². The minimum Gasteiger partial charge on any atom is -0.497 e. The van der Waals surface area contributed by atoms with Crippen LogP contribution < -0.4 is 4.74 Å². The van der Waals surface area contributed by atoms with E-state index in [0.29, 0.717) is 23.8 Å². The van der Waals surface area contributed by atoms with Crippen molar-refractivity contribution in [2.75, 3.05) is 13.7 Å². The van der Waals surface area contributed by atoms with Crippen molar-refractivity contribution in [2.24, 2.45) is 11.8 Å². The molecule has 5 heteroatoms. The Morgan fingerprint density at radius 3 is 2.89 bits per heavy atom. The van der Waals surface area contributed by atoms with Crippen molar-refractivity contribution in [1.29, 1.82) is 0 Å². The van der Waals surface area contributed by atoms with Gasteiger partial charge in [-0.25, -0.2) is 4.79 Å². The van der Waals surface area contributed by atoms with Crippen LogP contribution in [0.15, 0.2) is 24.3 Å². The summed E-state index contributed by atoms with van der Waals surface area (Å²) in [5.74, 6) is -0.00968. The third-order valence-corrected chi connectivity index (χ3v) is 3.98.